The fourth-order valence-corrected chi connectivity index (χ4v) is 10.1. The molecule has 1 N–H and O–H groups in total. The van der Waals surface area contributed by atoms with Gasteiger partial charge in [0.05, 0.1) is 47.9 Å². The molecule has 8 heteroatoms. The fraction of sp³-hybridized carbons (Fsp3) is 0.848. The molecule has 5 rings (SSSR count). The molecule has 0 aromatic heterocycles. The van der Waals surface area contributed by atoms with Gasteiger partial charge in [0.1, 0.15) is 19.3 Å². The molecule has 230 valence electrons. The number of Topliss-reactive ketones (excluding diaryl/α,β-unsaturated/α-hetero) is 1. The van der Waals surface area contributed by atoms with E-state index in [-0.39, 0.29) is 53.6 Å². The molecular formula is C33H54N2O6+2. The van der Waals surface area contributed by atoms with E-state index in [1.54, 1.807) is 6.08 Å². The van der Waals surface area contributed by atoms with Crippen LogP contribution in [-0.2, 0) is 23.9 Å². The first-order valence-electron chi connectivity index (χ1n) is 15.8. The first-order chi connectivity index (χ1) is 18.9. The van der Waals surface area contributed by atoms with Crippen molar-refractivity contribution in [2.24, 2.45) is 40.4 Å². The zero-order valence-electron chi connectivity index (χ0n) is 26.7. The summed E-state index contributed by atoms with van der Waals surface area (Å²) in [5.74, 6) is 0.173. The molecular weight excluding hydrogens is 520 g/mol. The van der Waals surface area contributed by atoms with Crippen LogP contribution in [0.3, 0.4) is 0 Å². The minimum atomic E-state index is -0.972. The van der Waals surface area contributed by atoms with Gasteiger partial charge in [-0.1, -0.05) is 13.8 Å². The summed E-state index contributed by atoms with van der Waals surface area (Å²) in [4.78, 5) is 38.6. The van der Waals surface area contributed by atoms with Crippen molar-refractivity contribution in [1.29, 1.82) is 0 Å². The highest BCUT2D eigenvalue weighted by Crippen LogP contribution is 2.71. The zero-order valence-corrected chi connectivity index (χ0v) is 26.7. The molecule has 0 unspecified atom stereocenters. The Labute approximate surface area is 246 Å². The van der Waals surface area contributed by atoms with Crippen molar-refractivity contribution in [3.8, 4) is 0 Å². The number of aliphatic hydroxyl groups is 1. The molecule has 1 heterocycles. The lowest BCUT2D eigenvalue weighted by Gasteiger charge is -2.63. The van der Waals surface area contributed by atoms with E-state index in [4.69, 9.17) is 9.47 Å². The van der Waals surface area contributed by atoms with Crippen LogP contribution in [0.4, 0.5) is 0 Å². The molecule has 0 amide bonds. The third kappa shape index (κ3) is 5.42. The second kappa shape index (κ2) is 10.2. The Morgan fingerprint density at radius 1 is 0.976 bits per heavy atom. The number of carbonyl (C=O) groups is 3. The highest BCUT2D eigenvalue weighted by molar-refractivity contribution is 5.87. The van der Waals surface area contributed by atoms with Crippen LogP contribution in [0.1, 0.15) is 65.2 Å². The molecule has 41 heavy (non-hydrogen) atoms. The molecule has 5 aliphatic rings. The molecule has 4 fully saturated rings. The summed E-state index contributed by atoms with van der Waals surface area (Å²) in [6.45, 7) is 5.61. The van der Waals surface area contributed by atoms with E-state index in [9.17, 15) is 19.5 Å². The van der Waals surface area contributed by atoms with Gasteiger partial charge in [-0.25, -0.2) is 9.59 Å². The normalized spacial score (nSPS) is 42.5. The summed E-state index contributed by atoms with van der Waals surface area (Å²) in [5, 5.41) is 12.9. The molecule has 0 saturated heterocycles. The van der Waals surface area contributed by atoms with E-state index in [2.05, 4.69) is 13.8 Å². The van der Waals surface area contributed by atoms with Crippen molar-refractivity contribution < 1.29 is 37.9 Å². The first-order valence-corrected chi connectivity index (χ1v) is 15.8. The van der Waals surface area contributed by atoms with Crippen LogP contribution in [-0.4, -0.2) is 105 Å². The average Bonchev–Trinajstić information content (AvgIpc) is 3.34. The van der Waals surface area contributed by atoms with Gasteiger partial charge in [0.15, 0.2) is 12.3 Å². The van der Waals surface area contributed by atoms with Gasteiger partial charge in [0, 0.05) is 23.3 Å². The van der Waals surface area contributed by atoms with E-state index in [1.807, 2.05) is 42.3 Å². The summed E-state index contributed by atoms with van der Waals surface area (Å²) in [6, 6.07) is 0. The molecule has 9 atom stereocenters. The molecule has 0 spiro atoms. The van der Waals surface area contributed by atoms with Crippen LogP contribution in [0.5, 0.6) is 0 Å². The number of nitrogens with zero attached hydrogens (tertiary/aromatic N) is 2. The number of rotatable bonds is 7. The molecule has 0 aromatic rings. The second-order valence-corrected chi connectivity index (χ2v) is 16.7. The number of quaternary nitrogens is 2. The Bertz CT molecular complexity index is 1120. The van der Waals surface area contributed by atoms with Gasteiger partial charge in [-0.2, -0.15) is 0 Å². The Balaban J connectivity index is 1.40. The minimum Gasteiger partial charge on any atom is -0.458 e. The quantitative estimate of drug-likeness (QED) is 0.371. The van der Waals surface area contributed by atoms with Gasteiger partial charge < -0.3 is 23.5 Å². The fourth-order valence-electron chi connectivity index (χ4n) is 10.1. The highest BCUT2D eigenvalue weighted by atomic mass is 16.5. The van der Waals surface area contributed by atoms with Crippen molar-refractivity contribution in [3.63, 3.8) is 0 Å². The van der Waals surface area contributed by atoms with E-state index in [0.29, 0.717) is 40.3 Å². The number of hydrogen-bond donors (Lipinski definition) is 1. The summed E-state index contributed by atoms with van der Waals surface area (Å²) in [7, 11) is 12.1. The summed E-state index contributed by atoms with van der Waals surface area (Å²) in [5.41, 5.74) is -0.488. The Morgan fingerprint density at radius 3 is 2.27 bits per heavy atom. The smallest absolute Gasteiger partial charge is 0.362 e. The van der Waals surface area contributed by atoms with Gasteiger partial charge in [0.2, 0.25) is 0 Å². The Morgan fingerprint density at radius 2 is 1.66 bits per heavy atom. The van der Waals surface area contributed by atoms with Gasteiger partial charge in [-0.3, -0.25) is 4.79 Å². The number of ketones is 1. The third-order valence-corrected chi connectivity index (χ3v) is 11.9. The molecule has 1 aliphatic heterocycles. The lowest BCUT2D eigenvalue weighted by atomic mass is 9.43. The Kier molecular flexibility index (Phi) is 7.60. The number of hydrogen-bond acceptors (Lipinski definition) is 6. The van der Waals surface area contributed by atoms with Crippen molar-refractivity contribution in [3.05, 3.63) is 11.6 Å². The maximum atomic E-state index is 13.9. The maximum Gasteiger partial charge on any atom is 0.362 e. The number of esters is 2. The summed E-state index contributed by atoms with van der Waals surface area (Å²) < 4.78 is 12.4. The lowest BCUT2D eigenvalue weighted by molar-refractivity contribution is -0.862. The molecule has 0 aromatic carbocycles. The van der Waals surface area contributed by atoms with Crippen molar-refractivity contribution in [2.75, 3.05) is 62.0 Å². The molecule has 0 radical (unpaired) electrons. The van der Waals surface area contributed by atoms with Crippen molar-refractivity contribution in [2.45, 2.75) is 76.9 Å². The van der Waals surface area contributed by atoms with E-state index in [1.165, 1.54) is 0 Å². The molecule has 4 aliphatic carbocycles. The maximum absolute atomic E-state index is 13.9. The van der Waals surface area contributed by atoms with Gasteiger partial charge in [-0.05, 0) is 80.1 Å². The van der Waals surface area contributed by atoms with Gasteiger partial charge in [0.25, 0.3) is 0 Å². The van der Waals surface area contributed by atoms with Crippen LogP contribution < -0.4 is 0 Å². The second-order valence-electron chi connectivity index (χ2n) is 16.7. The number of fused-ring (bicyclic) bond motifs is 5. The minimum absolute atomic E-state index is 0.0270. The first kappa shape index (κ1) is 30.7. The zero-order chi connectivity index (χ0) is 30.2. The van der Waals surface area contributed by atoms with E-state index < -0.39 is 11.0 Å². The van der Waals surface area contributed by atoms with Gasteiger partial charge >= 0.3 is 11.9 Å². The predicted octanol–water partition coefficient (Wildman–Crippen LogP) is 3.36. The van der Waals surface area contributed by atoms with E-state index >= 15 is 0 Å². The standard InChI is InChI=1S/C33H54N2O6/c1-31-13-11-23(41-29(38)19-35(6,7)8)16-22(31)9-10-26-25(31)12-14-32(2)30(21-15-28(37)40-20-21)24(17-33(26,32)39)27(36)18-34(3,4)5/h15,22-26,30,39H,9-14,16-20H2,1-8H3/q+2/t22-,23+,24+,25-,26+,30-,31-,32+,33+/m0/s1. The lowest BCUT2D eigenvalue weighted by Crippen LogP contribution is -2.62. The monoisotopic (exact) mass is 574 g/mol. The number of cyclic esters (lactones) is 1. The SMILES string of the molecule is C[C@]12CC[C@@H](OC(=O)C[N+](C)(C)C)C[C@@H]1CC[C@@H]1[C@@H]2CC[C@]2(C)[C@@H](C3=CC(=O)OC3)[C@@H](C(=O)C[N+](C)(C)C)C[C@@]12O. The van der Waals surface area contributed by atoms with Crippen molar-refractivity contribution in [1.82, 2.24) is 0 Å². The molecule has 4 saturated carbocycles. The highest BCUT2D eigenvalue weighted by Gasteiger charge is 2.71. The molecule has 8 nitrogen and oxygen atoms in total. The summed E-state index contributed by atoms with van der Waals surface area (Å²) in [6.07, 6.45) is 8.57. The predicted molar refractivity (Wildman–Crippen MR) is 155 cm³/mol. The number of carbonyl (C=O) groups excluding carboxylic acids is 3. The molecule has 0 bridgehead atoms. The van der Waals surface area contributed by atoms with Crippen LogP contribution in [0, 0.1) is 40.4 Å². The Hall–Kier alpha value is -1.77. The van der Waals surface area contributed by atoms with Crippen LogP contribution in [0.15, 0.2) is 11.6 Å². The van der Waals surface area contributed by atoms with Gasteiger partial charge in [-0.15, -0.1) is 0 Å². The summed E-state index contributed by atoms with van der Waals surface area (Å²) >= 11 is 0. The third-order valence-electron chi connectivity index (χ3n) is 11.9. The average molecular weight is 575 g/mol. The van der Waals surface area contributed by atoms with Crippen LogP contribution in [0.25, 0.3) is 0 Å². The number of likely N-dealkylation sites (N-methyl/N-ethyl adjacent to an activating group) is 2. The largest absolute Gasteiger partial charge is 0.458 e. The van der Waals surface area contributed by atoms with Crippen molar-refractivity contribution >= 4 is 17.7 Å². The topological polar surface area (TPSA) is 89.9 Å². The number of ether oxygens (including phenoxy) is 2. The van der Waals surface area contributed by atoms with Crippen LogP contribution >= 0.6 is 0 Å². The van der Waals surface area contributed by atoms with Crippen LogP contribution in [0.2, 0.25) is 0 Å². The van der Waals surface area contributed by atoms with E-state index in [0.717, 1.165) is 50.5 Å².